The number of hydrogen-bond acceptors (Lipinski definition) is 2. The van der Waals surface area contributed by atoms with Crippen LogP contribution in [0.5, 0.6) is 0 Å². The van der Waals surface area contributed by atoms with Crippen molar-refractivity contribution in [3.05, 3.63) is 35.6 Å². The summed E-state index contributed by atoms with van der Waals surface area (Å²) in [5.74, 6) is -0.137. The molecule has 2 saturated carbocycles. The van der Waals surface area contributed by atoms with Gasteiger partial charge in [0, 0.05) is 19.1 Å². The van der Waals surface area contributed by atoms with E-state index in [0.717, 1.165) is 63.5 Å². The van der Waals surface area contributed by atoms with E-state index in [0.29, 0.717) is 12.6 Å². The minimum atomic E-state index is -0.539. The van der Waals surface area contributed by atoms with E-state index < -0.39 is 5.41 Å². The topological polar surface area (TPSA) is 49.4 Å². The van der Waals surface area contributed by atoms with Crippen LogP contribution >= 0.6 is 0 Å². The van der Waals surface area contributed by atoms with Gasteiger partial charge in [0.25, 0.3) is 0 Å². The summed E-state index contributed by atoms with van der Waals surface area (Å²) in [5, 5.41) is 3.08. The van der Waals surface area contributed by atoms with Gasteiger partial charge in [0.1, 0.15) is 5.82 Å². The van der Waals surface area contributed by atoms with Gasteiger partial charge in [-0.05, 0) is 56.2 Å². The summed E-state index contributed by atoms with van der Waals surface area (Å²) in [6.07, 6.45) is 7.54. The Morgan fingerprint density at radius 3 is 2.38 bits per heavy atom. The highest BCUT2D eigenvalue weighted by molar-refractivity contribution is 5.89. The molecule has 1 aromatic carbocycles. The van der Waals surface area contributed by atoms with Gasteiger partial charge >= 0.3 is 0 Å². The fourth-order valence-corrected chi connectivity index (χ4v) is 4.60. The van der Waals surface area contributed by atoms with Crippen molar-refractivity contribution in [3.63, 3.8) is 0 Å². The van der Waals surface area contributed by atoms with Crippen molar-refractivity contribution in [1.29, 1.82) is 0 Å². The molecule has 3 aliphatic rings. The van der Waals surface area contributed by atoms with Gasteiger partial charge in [0.2, 0.25) is 11.8 Å². The predicted octanol–water partition coefficient (Wildman–Crippen LogP) is 3.15. The lowest BCUT2D eigenvalue weighted by Crippen LogP contribution is -2.51. The zero-order chi connectivity index (χ0) is 18.1. The van der Waals surface area contributed by atoms with Crippen molar-refractivity contribution in [2.24, 2.45) is 5.92 Å². The molecule has 0 spiro atoms. The Morgan fingerprint density at radius 1 is 1.04 bits per heavy atom. The smallest absolute Gasteiger partial charge is 0.233 e. The van der Waals surface area contributed by atoms with Crippen LogP contribution in [-0.4, -0.2) is 35.8 Å². The van der Waals surface area contributed by atoms with Crippen molar-refractivity contribution in [2.45, 2.75) is 62.8 Å². The van der Waals surface area contributed by atoms with Crippen LogP contribution in [0.25, 0.3) is 0 Å². The molecule has 1 aromatic rings. The number of benzene rings is 1. The normalized spacial score (nSPS) is 25.1. The molecule has 1 aliphatic heterocycles. The van der Waals surface area contributed by atoms with Gasteiger partial charge in [-0.3, -0.25) is 9.59 Å². The number of likely N-dealkylation sites (tertiary alicyclic amines) is 1. The van der Waals surface area contributed by atoms with Crippen molar-refractivity contribution < 1.29 is 14.0 Å². The van der Waals surface area contributed by atoms with Crippen LogP contribution in [0.15, 0.2) is 24.3 Å². The number of nitrogens with zero attached hydrogens (tertiary/aromatic N) is 1. The predicted molar refractivity (Wildman–Crippen MR) is 97.0 cm³/mol. The van der Waals surface area contributed by atoms with E-state index in [-0.39, 0.29) is 23.5 Å². The molecule has 1 atom stereocenters. The van der Waals surface area contributed by atoms with E-state index in [2.05, 4.69) is 5.32 Å². The Labute approximate surface area is 154 Å². The second-order valence-electron chi connectivity index (χ2n) is 8.17. The number of piperidine rings is 1. The molecule has 140 valence electrons. The molecule has 0 radical (unpaired) electrons. The first kappa shape index (κ1) is 17.5. The summed E-state index contributed by atoms with van der Waals surface area (Å²) >= 11 is 0. The minimum Gasteiger partial charge on any atom is -0.353 e. The van der Waals surface area contributed by atoms with Crippen LogP contribution < -0.4 is 5.32 Å². The molecule has 0 bridgehead atoms. The summed E-state index contributed by atoms with van der Waals surface area (Å²) in [5.41, 5.74) is 0.383. The number of halogens is 1. The van der Waals surface area contributed by atoms with Gasteiger partial charge < -0.3 is 10.2 Å². The van der Waals surface area contributed by atoms with Crippen LogP contribution in [0, 0.1) is 11.7 Å². The van der Waals surface area contributed by atoms with Crippen molar-refractivity contribution in [3.8, 4) is 0 Å². The molecule has 1 heterocycles. The molecule has 0 aromatic heterocycles. The van der Waals surface area contributed by atoms with Crippen molar-refractivity contribution >= 4 is 11.8 Å². The zero-order valence-electron chi connectivity index (χ0n) is 15.2. The minimum absolute atomic E-state index is 0.0972. The number of carbonyl (C=O) groups is 2. The van der Waals surface area contributed by atoms with E-state index in [1.165, 1.54) is 12.1 Å². The summed E-state index contributed by atoms with van der Waals surface area (Å²) in [4.78, 5) is 27.8. The Kier molecular flexibility index (Phi) is 4.72. The molecule has 2 aliphatic carbocycles. The number of nitrogens with one attached hydrogen (secondary N) is 1. The van der Waals surface area contributed by atoms with Crippen LogP contribution in [0.3, 0.4) is 0 Å². The lowest BCUT2D eigenvalue weighted by Gasteiger charge is -2.39. The highest BCUT2D eigenvalue weighted by Crippen LogP contribution is 2.43. The molecule has 26 heavy (non-hydrogen) atoms. The van der Waals surface area contributed by atoms with Crippen molar-refractivity contribution in [1.82, 2.24) is 10.2 Å². The molecule has 4 nitrogen and oxygen atoms in total. The molecule has 1 unspecified atom stereocenters. The number of rotatable bonds is 4. The van der Waals surface area contributed by atoms with Gasteiger partial charge in [-0.1, -0.05) is 25.0 Å². The quantitative estimate of drug-likeness (QED) is 0.899. The zero-order valence-corrected chi connectivity index (χ0v) is 15.2. The average molecular weight is 358 g/mol. The first-order valence-corrected chi connectivity index (χ1v) is 9.94. The Bertz CT molecular complexity index is 678. The highest BCUT2D eigenvalue weighted by Gasteiger charge is 2.46. The lowest BCUT2D eigenvalue weighted by atomic mass is 9.77. The van der Waals surface area contributed by atoms with Crippen LogP contribution in [0.4, 0.5) is 4.39 Å². The number of hydrogen-bond donors (Lipinski definition) is 1. The van der Waals surface area contributed by atoms with E-state index in [1.54, 1.807) is 12.1 Å². The molecular weight excluding hydrogens is 331 g/mol. The van der Waals surface area contributed by atoms with E-state index in [1.807, 2.05) is 4.90 Å². The molecule has 1 saturated heterocycles. The summed E-state index contributed by atoms with van der Waals surface area (Å²) in [6.45, 7) is 1.23. The van der Waals surface area contributed by atoms with Crippen LogP contribution in [0.2, 0.25) is 0 Å². The van der Waals surface area contributed by atoms with E-state index >= 15 is 0 Å². The summed E-state index contributed by atoms with van der Waals surface area (Å²) in [6, 6.07) is 6.78. The van der Waals surface area contributed by atoms with Crippen molar-refractivity contribution in [2.75, 3.05) is 13.1 Å². The van der Waals surface area contributed by atoms with Gasteiger partial charge in [-0.2, -0.15) is 0 Å². The fourth-order valence-electron chi connectivity index (χ4n) is 4.60. The first-order valence-electron chi connectivity index (χ1n) is 9.94. The second kappa shape index (κ2) is 7.01. The highest BCUT2D eigenvalue weighted by atomic mass is 19.1. The SMILES string of the molecule is O=C(NC1CC1)C1CCCN(C(=O)C2(c3ccc(F)cc3)CCCC2)C1. The largest absolute Gasteiger partial charge is 0.353 e. The molecular formula is C21H27FN2O2. The Balaban J connectivity index is 1.52. The van der Waals surface area contributed by atoms with Gasteiger partial charge in [0.15, 0.2) is 0 Å². The van der Waals surface area contributed by atoms with Crippen LogP contribution in [-0.2, 0) is 15.0 Å². The van der Waals surface area contributed by atoms with E-state index in [9.17, 15) is 14.0 Å². The molecule has 5 heteroatoms. The number of carbonyl (C=O) groups excluding carboxylic acids is 2. The Hall–Kier alpha value is -1.91. The van der Waals surface area contributed by atoms with Gasteiger partial charge in [0.05, 0.1) is 11.3 Å². The van der Waals surface area contributed by atoms with Gasteiger partial charge in [-0.25, -0.2) is 4.39 Å². The maximum atomic E-state index is 13.5. The second-order valence-corrected chi connectivity index (χ2v) is 8.17. The molecule has 3 fully saturated rings. The first-order chi connectivity index (χ1) is 12.6. The third-order valence-electron chi connectivity index (χ3n) is 6.27. The summed E-state index contributed by atoms with van der Waals surface area (Å²) < 4.78 is 13.4. The lowest BCUT2D eigenvalue weighted by molar-refractivity contribution is -0.141. The maximum absolute atomic E-state index is 13.5. The Morgan fingerprint density at radius 2 is 1.73 bits per heavy atom. The molecule has 1 N–H and O–H groups in total. The third-order valence-corrected chi connectivity index (χ3v) is 6.27. The molecule has 4 rings (SSSR count). The number of amides is 2. The standard InChI is InChI=1S/C21H27FN2O2/c22-17-7-5-16(6-8-17)21(11-1-2-12-21)20(26)24-13-3-4-15(14-24)19(25)23-18-9-10-18/h5-8,15,18H,1-4,9-14H2,(H,23,25). The average Bonchev–Trinajstić information content (AvgIpc) is 3.34. The van der Waals surface area contributed by atoms with Gasteiger partial charge in [-0.15, -0.1) is 0 Å². The molecule has 2 amide bonds. The summed E-state index contributed by atoms with van der Waals surface area (Å²) in [7, 11) is 0. The van der Waals surface area contributed by atoms with E-state index in [4.69, 9.17) is 0 Å². The maximum Gasteiger partial charge on any atom is 0.233 e. The fraction of sp³-hybridized carbons (Fsp3) is 0.619. The monoisotopic (exact) mass is 358 g/mol. The third kappa shape index (κ3) is 3.36. The van der Waals surface area contributed by atoms with Crippen LogP contribution in [0.1, 0.15) is 56.9 Å².